The van der Waals surface area contributed by atoms with Gasteiger partial charge in [0.25, 0.3) is 11.6 Å². The molecule has 1 unspecified atom stereocenters. The summed E-state index contributed by atoms with van der Waals surface area (Å²) in [5, 5.41) is 13.5. The van der Waals surface area contributed by atoms with Crippen molar-refractivity contribution >= 4 is 11.6 Å². The molecule has 0 aromatic heterocycles. The lowest BCUT2D eigenvalue weighted by molar-refractivity contribution is -0.384. The Bertz CT molecular complexity index is 881. The van der Waals surface area contributed by atoms with Gasteiger partial charge in [-0.3, -0.25) is 14.9 Å². The first kappa shape index (κ1) is 21.4. The molecule has 0 aliphatic carbocycles. The highest BCUT2D eigenvalue weighted by Gasteiger charge is 2.17. The average Bonchev–Trinajstić information content (AvgIpc) is 3.29. The van der Waals surface area contributed by atoms with E-state index in [2.05, 4.69) is 5.32 Å². The number of nitrogens with one attached hydrogen (secondary N) is 1. The number of amides is 1. The summed E-state index contributed by atoms with van der Waals surface area (Å²) in [7, 11) is 1.56. The second-order valence-corrected chi connectivity index (χ2v) is 6.75. The Morgan fingerprint density at radius 2 is 2.10 bits per heavy atom. The first-order valence-electron chi connectivity index (χ1n) is 9.60. The van der Waals surface area contributed by atoms with Crippen molar-refractivity contribution in [3.05, 3.63) is 58.1 Å². The number of rotatable bonds is 10. The molecule has 30 heavy (non-hydrogen) atoms. The van der Waals surface area contributed by atoms with Gasteiger partial charge in [-0.25, -0.2) is 0 Å². The number of methoxy groups -OCH3 is 1. The molecule has 1 amide bonds. The Labute approximate surface area is 174 Å². The zero-order valence-electron chi connectivity index (χ0n) is 16.7. The van der Waals surface area contributed by atoms with Gasteiger partial charge in [0.15, 0.2) is 18.1 Å². The van der Waals surface area contributed by atoms with Gasteiger partial charge in [0, 0.05) is 19.2 Å². The van der Waals surface area contributed by atoms with E-state index in [4.69, 9.17) is 18.9 Å². The van der Waals surface area contributed by atoms with Crippen molar-refractivity contribution in [1.82, 2.24) is 5.32 Å². The number of carbonyl (C=O) groups is 1. The van der Waals surface area contributed by atoms with Crippen LogP contribution >= 0.6 is 0 Å². The molecule has 1 N–H and O–H groups in total. The largest absolute Gasteiger partial charge is 0.493 e. The molecule has 0 bridgehead atoms. The maximum atomic E-state index is 12.0. The van der Waals surface area contributed by atoms with Crippen LogP contribution in [-0.2, 0) is 16.1 Å². The van der Waals surface area contributed by atoms with Crippen LogP contribution in [0.4, 0.5) is 5.69 Å². The van der Waals surface area contributed by atoms with Crippen LogP contribution in [0.25, 0.3) is 0 Å². The number of ether oxygens (including phenoxy) is 4. The highest BCUT2D eigenvalue weighted by molar-refractivity contribution is 5.77. The molecular weight excluding hydrogens is 392 g/mol. The Balaban J connectivity index is 1.47. The van der Waals surface area contributed by atoms with Gasteiger partial charge in [-0.1, -0.05) is 12.1 Å². The minimum atomic E-state index is -0.519. The van der Waals surface area contributed by atoms with Crippen LogP contribution in [0.1, 0.15) is 18.4 Å². The Morgan fingerprint density at radius 1 is 1.23 bits per heavy atom. The van der Waals surface area contributed by atoms with Gasteiger partial charge in [0.05, 0.1) is 24.2 Å². The fraction of sp³-hybridized carbons (Fsp3) is 0.381. The molecule has 9 nitrogen and oxygen atoms in total. The van der Waals surface area contributed by atoms with Gasteiger partial charge in [0.2, 0.25) is 0 Å². The van der Waals surface area contributed by atoms with Gasteiger partial charge < -0.3 is 24.3 Å². The van der Waals surface area contributed by atoms with Crippen molar-refractivity contribution in [3.8, 4) is 17.2 Å². The standard InChI is InChI=1S/C21H24N2O7/c1-27-20-10-15(7-8-19(20)30-13-18-6-3-9-28-18)12-22-21(24)14-29-17-5-2-4-16(11-17)23(25)26/h2,4-5,7-8,10-11,18H,3,6,9,12-14H2,1H3,(H,22,24). The summed E-state index contributed by atoms with van der Waals surface area (Å²) in [5.41, 5.74) is 0.738. The van der Waals surface area contributed by atoms with Crippen LogP contribution in [0.5, 0.6) is 17.2 Å². The molecule has 1 aliphatic heterocycles. The molecule has 3 rings (SSSR count). The fourth-order valence-corrected chi connectivity index (χ4v) is 2.99. The molecule has 0 spiro atoms. The summed E-state index contributed by atoms with van der Waals surface area (Å²) in [6.07, 6.45) is 2.15. The predicted molar refractivity (Wildman–Crippen MR) is 108 cm³/mol. The Hall–Kier alpha value is -3.33. The van der Waals surface area contributed by atoms with E-state index in [0.717, 1.165) is 25.0 Å². The van der Waals surface area contributed by atoms with Crippen LogP contribution < -0.4 is 19.5 Å². The lowest BCUT2D eigenvalue weighted by Gasteiger charge is -2.15. The zero-order chi connectivity index (χ0) is 21.3. The number of hydrogen-bond acceptors (Lipinski definition) is 7. The van der Waals surface area contributed by atoms with Gasteiger partial charge in [-0.05, 0) is 36.6 Å². The lowest BCUT2D eigenvalue weighted by Crippen LogP contribution is -2.28. The van der Waals surface area contributed by atoms with Crippen LogP contribution in [-0.4, -0.2) is 43.9 Å². The van der Waals surface area contributed by atoms with Gasteiger partial charge in [-0.15, -0.1) is 0 Å². The molecule has 9 heteroatoms. The zero-order valence-corrected chi connectivity index (χ0v) is 16.7. The van der Waals surface area contributed by atoms with Crippen molar-refractivity contribution < 1.29 is 28.7 Å². The minimum Gasteiger partial charge on any atom is -0.493 e. The van der Waals surface area contributed by atoms with E-state index < -0.39 is 4.92 Å². The first-order valence-corrected chi connectivity index (χ1v) is 9.60. The summed E-state index contributed by atoms with van der Waals surface area (Å²) in [5.74, 6) is 1.11. The van der Waals surface area contributed by atoms with Crippen molar-refractivity contribution in [2.45, 2.75) is 25.5 Å². The summed E-state index contributed by atoms with van der Waals surface area (Å²) < 4.78 is 22.1. The highest BCUT2D eigenvalue weighted by Crippen LogP contribution is 2.29. The molecule has 2 aromatic rings. The summed E-state index contributed by atoms with van der Waals surface area (Å²) in [6, 6.07) is 11.1. The normalized spacial score (nSPS) is 15.4. The number of nitro groups is 1. The number of nitrogens with zero attached hydrogens (tertiary/aromatic N) is 1. The average molecular weight is 416 g/mol. The second kappa shape index (κ2) is 10.4. The van der Waals surface area contributed by atoms with Crippen LogP contribution in [0.3, 0.4) is 0 Å². The third-order valence-corrected chi connectivity index (χ3v) is 4.56. The lowest BCUT2D eigenvalue weighted by atomic mass is 10.2. The third-order valence-electron chi connectivity index (χ3n) is 4.56. The van der Waals surface area contributed by atoms with E-state index in [1.807, 2.05) is 6.07 Å². The molecule has 1 atom stereocenters. The number of hydrogen-bond donors (Lipinski definition) is 1. The van der Waals surface area contributed by atoms with E-state index >= 15 is 0 Å². The van der Waals surface area contributed by atoms with Crippen LogP contribution in [0.2, 0.25) is 0 Å². The first-order chi connectivity index (χ1) is 14.5. The molecule has 160 valence electrons. The van der Waals surface area contributed by atoms with Gasteiger partial charge in [0.1, 0.15) is 12.4 Å². The van der Waals surface area contributed by atoms with E-state index in [1.54, 1.807) is 25.3 Å². The second-order valence-electron chi connectivity index (χ2n) is 6.75. The quantitative estimate of drug-likeness (QED) is 0.468. The molecule has 0 radical (unpaired) electrons. The Morgan fingerprint density at radius 3 is 2.83 bits per heavy atom. The van der Waals surface area contributed by atoms with Crippen molar-refractivity contribution in [2.75, 3.05) is 26.9 Å². The SMILES string of the molecule is COc1cc(CNC(=O)COc2cccc([N+](=O)[O-])c2)ccc1OCC1CCCO1. The molecule has 1 saturated heterocycles. The van der Waals surface area contributed by atoms with Crippen molar-refractivity contribution in [2.24, 2.45) is 0 Å². The van der Waals surface area contributed by atoms with Crippen LogP contribution in [0.15, 0.2) is 42.5 Å². The molecule has 1 fully saturated rings. The summed E-state index contributed by atoms with van der Waals surface area (Å²) >= 11 is 0. The fourth-order valence-electron chi connectivity index (χ4n) is 2.99. The van der Waals surface area contributed by atoms with Crippen molar-refractivity contribution in [1.29, 1.82) is 0 Å². The molecule has 1 heterocycles. The van der Waals surface area contributed by atoms with E-state index in [1.165, 1.54) is 18.2 Å². The van der Waals surface area contributed by atoms with Gasteiger partial charge >= 0.3 is 0 Å². The van der Waals surface area contributed by atoms with E-state index in [0.29, 0.717) is 18.1 Å². The highest BCUT2D eigenvalue weighted by atomic mass is 16.6. The smallest absolute Gasteiger partial charge is 0.273 e. The number of carbonyl (C=O) groups excluding carboxylic acids is 1. The predicted octanol–water partition coefficient (Wildman–Crippen LogP) is 2.86. The maximum absolute atomic E-state index is 12.0. The molecule has 1 aliphatic rings. The third kappa shape index (κ3) is 6.08. The summed E-state index contributed by atoms with van der Waals surface area (Å²) in [6.45, 7) is 1.27. The van der Waals surface area contributed by atoms with E-state index in [-0.39, 0.29) is 36.6 Å². The Kier molecular flexibility index (Phi) is 7.45. The van der Waals surface area contributed by atoms with E-state index in [9.17, 15) is 14.9 Å². The summed E-state index contributed by atoms with van der Waals surface area (Å²) in [4.78, 5) is 22.3. The van der Waals surface area contributed by atoms with Gasteiger partial charge in [-0.2, -0.15) is 0 Å². The maximum Gasteiger partial charge on any atom is 0.273 e. The minimum absolute atomic E-state index is 0.0956. The number of nitro benzene ring substituents is 1. The monoisotopic (exact) mass is 416 g/mol. The van der Waals surface area contributed by atoms with Crippen molar-refractivity contribution in [3.63, 3.8) is 0 Å². The van der Waals surface area contributed by atoms with Crippen LogP contribution in [0, 0.1) is 10.1 Å². The molecular formula is C21H24N2O7. The topological polar surface area (TPSA) is 109 Å². The number of non-ortho nitro benzene ring substituents is 1. The molecule has 0 saturated carbocycles. The number of benzene rings is 2. The molecule has 2 aromatic carbocycles.